The Morgan fingerprint density at radius 2 is 2.23 bits per heavy atom. The van der Waals surface area contributed by atoms with Crippen LogP contribution in [0, 0.1) is 0 Å². The van der Waals surface area contributed by atoms with Gasteiger partial charge < -0.3 is 4.90 Å². The van der Waals surface area contributed by atoms with Crippen molar-refractivity contribution in [2.45, 2.75) is 45.1 Å². The zero-order chi connectivity index (χ0) is 15.7. The number of amides is 1. The number of rotatable bonds is 2. The maximum Gasteiger partial charge on any atom is 0.273 e. The third kappa shape index (κ3) is 3.04. The van der Waals surface area contributed by atoms with E-state index >= 15 is 0 Å². The molecule has 3 heterocycles. The maximum absolute atomic E-state index is 12.7. The van der Waals surface area contributed by atoms with Crippen molar-refractivity contribution >= 4 is 17.2 Å². The molecule has 22 heavy (non-hydrogen) atoms. The molecular weight excluding hydrogens is 298 g/mol. The van der Waals surface area contributed by atoms with Crippen LogP contribution < -0.4 is 0 Å². The molecule has 0 aliphatic carbocycles. The van der Waals surface area contributed by atoms with Crippen LogP contribution in [-0.4, -0.2) is 43.6 Å². The molecule has 1 atom stereocenters. The second-order valence-corrected chi connectivity index (χ2v) is 7.57. The molecule has 0 radical (unpaired) electrons. The number of hydrogen-bond donors (Lipinski definition) is 0. The van der Waals surface area contributed by atoms with Gasteiger partial charge >= 0.3 is 0 Å². The lowest BCUT2D eigenvalue weighted by Gasteiger charge is -2.32. The van der Waals surface area contributed by atoms with Gasteiger partial charge in [-0.1, -0.05) is 20.8 Å². The molecule has 0 bridgehead atoms. The molecule has 1 aliphatic rings. The Morgan fingerprint density at radius 1 is 1.41 bits per heavy atom. The lowest BCUT2D eigenvalue weighted by Crippen LogP contribution is -2.41. The van der Waals surface area contributed by atoms with E-state index in [1.165, 1.54) is 6.33 Å². The van der Waals surface area contributed by atoms with Gasteiger partial charge in [0.2, 0.25) is 0 Å². The summed E-state index contributed by atoms with van der Waals surface area (Å²) in [4.78, 5) is 23.1. The van der Waals surface area contributed by atoms with Crippen LogP contribution in [0.4, 0.5) is 0 Å². The molecule has 118 valence electrons. The molecule has 1 aliphatic heterocycles. The van der Waals surface area contributed by atoms with E-state index in [1.54, 1.807) is 17.7 Å². The monoisotopic (exact) mass is 319 g/mol. The van der Waals surface area contributed by atoms with Gasteiger partial charge in [-0.15, -0.1) is 11.3 Å². The van der Waals surface area contributed by atoms with Crippen molar-refractivity contribution in [2.24, 2.45) is 0 Å². The number of carbonyl (C=O) groups excluding carboxylic acids is 1. The highest BCUT2D eigenvalue weighted by Gasteiger charge is 2.28. The summed E-state index contributed by atoms with van der Waals surface area (Å²) in [6.45, 7) is 7.79. The van der Waals surface area contributed by atoms with E-state index in [0.29, 0.717) is 12.2 Å². The summed E-state index contributed by atoms with van der Waals surface area (Å²) < 4.78 is 1.85. The molecular formula is C15H21N5OS. The molecule has 7 heteroatoms. The van der Waals surface area contributed by atoms with Gasteiger partial charge in [-0.2, -0.15) is 5.10 Å². The van der Waals surface area contributed by atoms with Crippen molar-refractivity contribution in [3.8, 4) is 0 Å². The number of hydrogen-bond acceptors (Lipinski definition) is 5. The third-order valence-corrected chi connectivity index (χ3v) is 5.13. The number of carbonyl (C=O) groups is 1. The Balaban J connectivity index is 1.73. The van der Waals surface area contributed by atoms with Crippen LogP contribution in [0.25, 0.3) is 0 Å². The van der Waals surface area contributed by atoms with E-state index in [4.69, 9.17) is 0 Å². The van der Waals surface area contributed by atoms with Crippen molar-refractivity contribution in [3.05, 3.63) is 28.7 Å². The van der Waals surface area contributed by atoms with Gasteiger partial charge in [-0.25, -0.2) is 14.6 Å². The number of aromatic nitrogens is 4. The van der Waals surface area contributed by atoms with Gasteiger partial charge in [0.05, 0.1) is 11.0 Å². The third-order valence-electron chi connectivity index (χ3n) is 3.86. The van der Waals surface area contributed by atoms with Gasteiger partial charge in [-0.05, 0) is 12.8 Å². The minimum atomic E-state index is -0.0195. The summed E-state index contributed by atoms with van der Waals surface area (Å²) in [5.41, 5.74) is 0.545. The zero-order valence-corrected chi connectivity index (χ0v) is 14.0. The van der Waals surface area contributed by atoms with Gasteiger partial charge in [0.25, 0.3) is 5.91 Å². The predicted molar refractivity (Wildman–Crippen MR) is 85.0 cm³/mol. The Hall–Kier alpha value is -1.76. The second-order valence-electron chi connectivity index (χ2n) is 6.71. The van der Waals surface area contributed by atoms with Crippen molar-refractivity contribution in [2.75, 3.05) is 13.1 Å². The summed E-state index contributed by atoms with van der Waals surface area (Å²) in [5.74, 6) is 0.0246. The SMILES string of the molecule is CC(C)(C)c1nc(C(=O)N2CCC[C@H](n3cncn3)C2)cs1. The first-order chi connectivity index (χ1) is 10.4. The van der Waals surface area contributed by atoms with E-state index in [2.05, 4.69) is 35.8 Å². The van der Waals surface area contributed by atoms with Gasteiger partial charge in [0, 0.05) is 23.9 Å². The number of piperidine rings is 1. The Morgan fingerprint density at radius 3 is 2.86 bits per heavy atom. The summed E-state index contributed by atoms with van der Waals surface area (Å²) >= 11 is 1.56. The molecule has 0 aromatic carbocycles. The molecule has 2 aromatic rings. The van der Waals surface area contributed by atoms with E-state index < -0.39 is 0 Å². The molecule has 0 unspecified atom stereocenters. The fourth-order valence-electron chi connectivity index (χ4n) is 2.64. The molecule has 0 saturated carbocycles. The smallest absolute Gasteiger partial charge is 0.273 e. The number of nitrogens with zero attached hydrogens (tertiary/aromatic N) is 5. The zero-order valence-electron chi connectivity index (χ0n) is 13.2. The van der Waals surface area contributed by atoms with Gasteiger partial charge in [0.1, 0.15) is 18.3 Å². The van der Waals surface area contributed by atoms with Crippen LogP contribution in [0.2, 0.25) is 0 Å². The molecule has 1 fully saturated rings. The van der Waals surface area contributed by atoms with E-state index in [9.17, 15) is 4.79 Å². The average molecular weight is 319 g/mol. The Bertz CT molecular complexity index is 643. The van der Waals surface area contributed by atoms with Crippen LogP contribution >= 0.6 is 11.3 Å². The second kappa shape index (κ2) is 5.79. The molecule has 2 aromatic heterocycles. The summed E-state index contributed by atoms with van der Waals surface area (Å²) in [6.07, 6.45) is 5.26. The topological polar surface area (TPSA) is 63.9 Å². The van der Waals surface area contributed by atoms with Gasteiger partial charge in [0.15, 0.2) is 0 Å². The molecule has 1 amide bonds. The number of thiazole rings is 1. The van der Waals surface area contributed by atoms with Crippen LogP contribution in [-0.2, 0) is 5.41 Å². The molecule has 1 saturated heterocycles. The molecule has 6 nitrogen and oxygen atoms in total. The molecule has 0 spiro atoms. The minimum absolute atomic E-state index is 0.0195. The predicted octanol–water partition coefficient (Wildman–Crippen LogP) is 2.51. The minimum Gasteiger partial charge on any atom is -0.335 e. The maximum atomic E-state index is 12.7. The summed E-state index contributed by atoms with van der Waals surface area (Å²) in [5, 5.41) is 7.07. The molecule has 0 N–H and O–H groups in total. The Kier molecular flexibility index (Phi) is 3.99. The lowest BCUT2D eigenvalue weighted by molar-refractivity contribution is 0.0667. The van der Waals surface area contributed by atoms with Gasteiger partial charge in [-0.3, -0.25) is 4.79 Å². The van der Waals surface area contributed by atoms with Crippen molar-refractivity contribution in [1.82, 2.24) is 24.6 Å². The first-order valence-corrected chi connectivity index (χ1v) is 8.42. The van der Waals surface area contributed by atoms with Crippen LogP contribution in [0.3, 0.4) is 0 Å². The van der Waals surface area contributed by atoms with Crippen LogP contribution in [0.15, 0.2) is 18.0 Å². The lowest BCUT2D eigenvalue weighted by atomic mass is 9.98. The van der Waals surface area contributed by atoms with Crippen molar-refractivity contribution in [3.63, 3.8) is 0 Å². The van der Waals surface area contributed by atoms with E-state index in [-0.39, 0.29) is 17.4 Å². The number of likely N-dealkylation sites (tertiary alicyclic amines) is 1. The summed E-state index contributed by atoms with van der Waals surface area (Å²) in [6, 6.07) is 0.209. The quantitative estimate of drug-likeness (QED) is 0.853. The van der Waals surface area contributed by atoms with Crippen LogP contribution in [0.1, 0.15) is 55.2 Å². The fraction of sp³-hybridized carbons (Fsp3) is 0.600. The highest BCUT2D eigenvalue weighted by molar-refractivity contribution is 7.10. The fourth-order valence-corrected chi connectivity index (χ4v) is 3.52. The first kappa shape index (κ1) is 15.1. The van der Waals surface area contributed by atoms with E-state index in [0.717, 1.165) is 24.4 Å². The average Bonchev–Trinajstić information content (AvgIpc) is 3.17. The highest BCUT2D eigenvalue weighted by atomic mass is 32.1. The summed E-state index contributed by atoms with van der Waals surface area (Å²) in [7, 11) is 0. The largest absolute Gasteiger partial charge is 0.335 e. The van der Waals surface area contributed by atoms with Crippen LogP contribution in [0.5, 0.6) is 0 Å². The van der Waals surface area contributed by atoms with Crippen molar-refractivity contribution in [1.29, 1.82) is 0 Å². The Labute approximate surface area is 134 Å². The molecule has 3 rings (SSSR count). The highest BCUT2D eigenvalue weighted by Crippen LogP contribution is 2.27. The van der Waals surface area contributed by atoms with Crippen molar-refractivity contribution < 1.29 is 4.79 Å². The normalized spacial score (nSPS) is 19.4. The first-order valence-electron chi connectivity index (χ1n) is 7.54. The standard InChI is InChI=1S/C15H21N5OS/c1-15(2,3)14-18-12(8-22-14)13(21)19-6-4-5-11(7-19)20-10-16-9-17-20/h8-11H,4-7H2,1-3H3/t11-/m0/s1. The van der Waals surface area contributed by atoms with E-state index in [1.807, 2.05) is 15.0 Å².